The van der Waals surface area contributed by atoms with Crippen molar-refractivity contribution in [1.29, 1.82) is 0 Å². The molecule has 0 aromatic rings. The molecule has 0 aromatic heterocycles. The second kappa shape index (κ2) is 7.29. The maximum absolute atomic E-state index is 9.29. The summed E-state index contributed by atoms with van der Waals surface area (Å²) in [5.41, 5.74) is 0.300. The average Bonchev–Trinajstić information content (AvgIpc) is 2.24. The Balaban J connectivity index is 2.35. The van der Waals surface area contributed by atoms with E-state index >= 15 is 0 Å². The molecule has 1 heterocycles. The summed E-state index contributed by atoms with van der Waals surface area (Å²) in [5, 5.41) is 12.9. The Morgan fingerprint density at radius 3 is 2.44 bits per heavy atom. The lowest BCUT2D eigenvalue weighted by atomic mass is 9.91. The summed E-state index contributed by atoms with van der Waals surface area (Å²) in [6.45, 7) is 6.16. The zero-order valence-electron chi connectivity index (χ0n) is 11.1. The van der Waals surface area contributed by atoms with Gasteiger partial charge in [-0.05, 0) is 52.0 Å². The highest BCUT2D eigenvalue weighted by Gasteiger charge is 2.17. The third kappa shape index (κ3) is 5.86. The number of aliphatic hydroxyl groups excluding tert-OH is 1. The Kier molecular flexibility index (Phi) is 6.37. The fraction of sp³-hybridized carbons (Fsp3) is 1.00. The van der Waals surface area contributed by atoms with Gasteiger partial charge in [-0.25, -0.2) is 0 Å². The van der Waals surface area contributed by atoms with Crippen molar-refractivity contribution in [3.63, 3.8) is 0 Å². The summed E-state index contributed by atoms with van der Waals surface area (Å²) in [4.78, 5) is 0. The molecule has 1 saturated heterocycles. The number of rotatable bonds is 1. The van der Waals surface area contributed by atoms with Crippen molar-refractivity contribution in [3.8, 4) is 0 Å². The van der Waals surface area contributed by atoms with Gasteiger partial charge in [0, 0.05) is 12.1 Å². The van der Waals surface area contributed by atoms with Crippen molar-refractivity contribution in [1.82, 2.24) is 5.32 Å². The fourth-order valence-electron chi connectivity index (χ4n) is 2.58. The van der Waals surface area contributed by atoms with Gasteiger partial charge in [0.25, 0.3) is 0 Å². The molecule has 0 amide bonds. The highest BCUT2D eigenvalue weighted by atomic mass is 16.3. The minimum Gasteiger partial charge on any atom is -0.396 e. The Bertz CT molecular complexity index is 180. The van der Waals surface area contributed by atoms with E-state index in [2.05, 4.69) is 19.2 Å². The van der Waals surface area contributed by atoms with Crippen LogP contribution in [-0.4, -0.2) is 23.8 Å². The first-order chi connectivity index (χ1) is 7.64. The van der Waals surface area contributed by atoms with Crippen LogP contribution in [0.4, 0.5) is 0 Å². The minimum atomic E-state index is 0.300. The zero-order valence-corrected chi connectivity index (χ0v) is 11.1. The average molecular weight is 227 g/mol. The molecular weight excluding hydrogens is 198 g/mol. The first kappa shape index (κ1) is 14.0. The molecule has 2 nitrogen and oxygen atoms in total. The van der Waals surface area contributed by atoms with Crippen molar-refractivity contribution in [2.24, 2.45) is 5.92 Å². The van der Waals surface area contributed by atoms with E-state index in [0.717, 1.165) is 6.54 Å². The molecule has 0 aliphatic carbocycles. The summed E-state index contributed by atoms with van der Waals surface area (Å²) in [5.74, 6) is 0.565. The van der Waals surface area contributed by atoms with Crippen molar-refractivity contribution < 1.29 is 5.11 Å². The first-order valence-corrected chi connectivity index (χ1v) is 7.00. The molecule has 0 spiro atoms. The molecular formula is C14H29NO. The van der Waals surface area contributed by atoms with E-state index in [-0.39, 0.29) is 0 Å². The van der Waals surface area contributed by atoms with E-state index in [9.17, 15) is 5.11 Å². The van der Waals surface area contributed by atoms with Gasteiger partial charge in [-0.2, -0.15) is 0 Å². The second-order valence-corrected chi connectivity index (χ2v) is 5.95. The zero-order chi connectivity index (χ0) is 11.9. The molecule has 2 N–H and O–H groups in total. The lowest BCUT2D eigenvalue weighted by molar-refractivity contribution is 0.201. The first-order valence-electron chi connectivity index (χ1n) is 7.00. The van der Waals surface area contributed by atoms with Gasteiger partial charge in [-0.15, -0.1) is 0 Å². The molecule has 96 valence electrons. The molecule has 1 fully saturated rings. The van der Waals surface area contributed by atoms with Gasteiger partial charge in [0.05, 0.1) is 0 Å². The molecule has 1 atom stereocenters. The van der Waals surface area contributed by atoms with Gasteiger partial charge in [0.2, 0.25) is 0 Å². The number of nitrogens with one attached hydrogen (secondary N) is 1. The Labute approximate surface area is 101 Å². The molecule has 0 aromatic carbocycles. The fourth-order valence-corrected chi connectivity index (χ4v) is 2.58. The Hall–Kier alpha value is -0.0800. The van der Waals surface area contributed by atoms with Gasteiger partial charge in [-0.1, -0.05) is 25.7 Å². The summed E-state index contributed by atoms with van der Waals surface area (Å²) in [6, 6.07) is 0. The molecule has 0 radical (unpaired) electrons. The lowest BCUT2D eigenvalue weighted by Crippen LogP contribution is -2.39. The van der Waals surface area contributed by atoms with Crippen LogP contribution >= 0.6 is 0 Å². The number of hydrogen-bond acceptors (Lipinski definition) is 2. The summed E-state index contributed by atoms with van der Waals surface area (Å²) >= 11 is 0. The highest BCUT2D eigenvalue weighted by Crippen LogP contribution is 2.20. The van der Waals surface area contributed by atoms with E-state index in [1.54, 1.807) is 0 Å². The van der Waals surface area contributed by atoms with E-state index in [1.807, 2.05) is 0 Å². The standard InChI is InChI=1S/C14H29NO/c1-14(2)10-6-5-9-13(12-16)8-4-3-7-11-15-14/h13,15-16H,3-12H2,1-2H3. The van der Waals surface area contributed by atoms with E-state index in [1.165, 1.54) is 51.4 Å². The normalized spacial score (nSPS) is 29.1. The number of aliphatic hydroxyl groups is 1. The minimum absolute atomic E-state index is 0.300. The molecule has 1 unspecified atom stereocenters. The van der Waals surface area contributed by atoms with Crippen LogP contribution in [0.25, 0.3) is 0 Å². The predicted molar refractivity (Wildman–Crippen MR) is 69.6 cm³/mol. The summed E-state index contributed by atoms with van der Waals surface area (Å²) in [6.07, 6.45) is 10.1. The maximum Gasteiger partial charge on any atom is 0.0459 e. The van der Waals surface area contributed by atoms with Gasteiger partial charge in [0.15, 0.2) is 0 Å². The largest absolute Gasteiger partial charge is 0.396 e. The summed E-state index contributed by atoms with van der Waals surface area (Å²) in [7, 11) is 0. The smallest absolute Gasteiger partial charge is 0.0459 e. The van der Waals surface area contributed by atoms with Gasteiger partial charge in [-0.3, -0.25) is 0 Å². The van der Waals surface area contributed by atoms with Crippen LogP contribution in [-0.2, 0) is 0 Å². The van der Waals surface area contributed by atoms with Gasteiger partial charge in [0.1, 0.15) is 0 Å². The van der Waals surface area contributed by atoms with Crippen molar-refractivity contribution in [2.75, 3.05) is 13.2 Å². The van der Waals surface area contributed by atoms with E-state index in [4.69, 9.17) is 0 Å². The topological polar surface area (TPSA) is 32.3 Å². The van der Waals surface area contributed by atoms with Crippen molar-refractivity contribution in [2.45, 2.75) is 70.8 Å². The predicted octanol–water partition coefficient (Wildman–Crippen LogP) is 3.10. The van der Waals surface area contributed by atoms with Crippen LogP contribution in [0.2, 0.25) is 0 Å². The second-order valence-electron chi connectivity index (χ2n) is 5.95. The third-order valence-electron chi connectivity index (χ3n) is 3.82. The van der Waals surface area contributed by atoms with Crippen molar-refractivity contribution >= 4 is 0 Å². The van der Waals surface area contributed by atoms with Gasteiger partial charge >= 0.3 is 0 Å². The van der Waals surface area contributed by atoms with Crippen LogP contribution in [0.1, 0.15) is 65.2 Å². The molecule has 0 bridgehead atoms. The highest BCUT2D eigenvalue weighted by molar-refractivity contribution is 4.77. The van der Waals surface area contributed by atoms with Gasteiger partial charge < -0.3 is 10.4 Å². The molecule has 1 aliphatic heterocycles. The van der Waals surface area contributed by atoms with Crippen LogP contribution in [0.3, 0.4) is 0 Å². The molecule has 0 saturated carbocycles. The van der Waals surface area contributed by atoms with Crippen LogP contribution in [0.15, 0.2) is 0 Å². The third-order valence-corrected chi connectivity index (χ3v) is 3.82. The molecule has 1 rings (SSSR count). The SMILES string of the molecule is CC1(C)CCCCC(CO)CCCCCN1. The molecule has 2 heteroatoms. The van der Waals surface area contributed by atoms with Crippen LogP contribution in [0, 0.1) is 5.92 Å². The summed E-state index contributed by atoms with van der Waals surface area (Å²) < 4.78 is 0. The molecule has 16 heavy (non-hydrogen) atoms. The monoisotopic (exact) mass is 227 g/mol. The lowest BCUT2D eigenvalue weighted by Gasteiger charge is -2.27. The Morgan fingerprint density at radius 2 is 1.75 bits per heavy atom. The molecule has 1 aliphatic rings. The quantitative estimate of drug-likeness (QED) is 0.721. The Morgan fingerprint density at radius 1 is 1.06 bits per heavy atom. The van der Waals surface area contributed by atoms with Crippen LogP contribution < -0.4 is 5.32 Å². The maximum atomic E-state index is 9.29. The number of hydrogen-bond donors (Lipinski definition) is 2. The van der Waals surface area contributed by atoms with Crippen molar-refractivity contribution in [3.05, 3.63) is 0 Å². The van der Waals surface area contributed by atoms with E-state index in [0.29, 0.717) is 18.1 Å². The van der Waals surface area contributed by atoms with Crippen LogP contribution in [0.5, 0.6) is 0 Å². The van der Waals surface area contributed by atoms with E-state index < -0.39 is 0 Å².